The molecule has 1 aromatic heterocycles. The van der Waals surface area contributed by atoms with E-state index in [4.69, 9.17) is 9.15 Å². The van der Waals surface area contributed by atoms with Crippen molar-refractivity contribution in [3.05, 3.63) is 54.0 Å². The van der Waals surface area contributed by atoms with E-state index in [0.29, 0.717) is 18.7 Å². The molecule has 2 rings (SSSR count). The standard InChI is InChI=1S/C14H14F3NO2/c15-14(16,17)10-20-13-6-2-1-4-11(13)8-18-9-12-5-3-7-19-12/h1-7,18H,8-10H2. The van der Waals surface area contributed by atoms with Crippen LogP contribution >= 0.6 is 0 Å². The summed E-state index contributed by atoms with van der Waals surface area (Å²) in [6, 6.07) is 10.2. The molecule has 0 amide bonds. The average molecular weight is 285 g/mol. The topological polar surface area (TPSA) is 34.4 Å². The molecule has 0 saturated carbocycles. The molecule has 0 spiro atoms. The van der Waals surface area contributed by atoms with Crippen molar-refractivity contribution in [3.63, 3.8) is 0 Å². The fourth-order valence-corrected chi connectivity index (χ4v) is 1.68. The van der Waals surface area contributed by atoms with Crippen molar-refractivity contribution in [1.29, 1.82) is 0 Å². The zero-order valence-corrected chi connectivity index (χ0v) is 10.6. The zero-order chi connectivity index (χ0) is 14.4. The molecule has 1 heterocycles. The molecule has 0 radical (unpaired) electrons. The second-order valence-corrected chi connectivity index (χ2v) is 4.19. The van der Waals surface area contributed by atoms with Crippen LogP contribution in [0.15, 0.2) is 47.1 Å². The molecule has 108 valence electrons. The van der Waals surface area contributed by atoms with Gasteiger partial charge in [0.15, 0.2) is 6.61 Å². The number of ether oxygens (including phenoxy) is 1. The maximum atomic E-state index is 12.2. The van der Waals surface area contributed by atoms with Gasteiger partial charge in [0.1, 0.15) is 11.5 Å². The number of rotatable bonds is 6. The van der Waals surface area contributed by atoms with E-state index >= 15 is 0 Å². The normalized spacial score (nSPS) is 11.6. The number of halogens is 3. The highest BCUT2D eigenvalue weighted by molar-refractivity contribution is 5.33. The summed E-state index contributed by atoms with van der Waals surface area (Å²) in [5, 5.41) is 3.09. The van der Waals surface area contributed by atoms with E-state index in [1.165, 1.54) is 6.07 Å². The minimum atomic E-state index is -4.34. The van der Waals surface area contributed by atoms with Crippen molar-refractivity contribution >= 4 is 0 Å². The Kier molecular flexibility index (Phi) is 4.68. The van der Waals surface area contributed by atoms with Gasteiger partial charge in [0.05, 0.1) is 12.8 Å². The summed E-state index contributed by atoms with van der Waals surface area (Å²) in [7, 11) is 0. The van der Waals surface area contributed by atoms with Crippen molar-refractivity contribution < 1.29 is 22.3 Å². The second kappa shape index (κ2) is 6.47. The number of hydrogen-bond acceptors (Lipinski definition) is 3. The summed E-state index contributed by atoms with van der Waals surface area (Å²) in [6.07, 6.45) is -2.77. The molecule has 1 N–H and O–H groups in total. The summed E-state index contributed by atoms with van der Waals surface area (Å²) in [6.45, 7) is -0.391. The van der Waals surface area contributed by atoms with Crippen molar-refractivity contribution in [2.45, 2.75) is 19.3 Å². The van der Waals surface area contributed by atoms with Crippen molar-refractivity contribution in [1.82, 2.24) is 5.32 Å². The van der Waals surface area contributed by atoms with Crippen molar-refractivity contribution in [2.24, 2.45) is 0 Å². The van der Waals surface area contributed by atoms with E-state index in [2.05, 4.69) is 5.32 Å². The van der Waals surface area contributed by atoms with Crippen LogP contribution in [0.1, 0.15) is 11.3 Å². The van der Waals surface area contributed by atoms with E-state index in [0.717, 1.165) is 5.76 Å². The van der Waals surface area contributed by atoms with Gasteiger partial charge in [-0.25, -0.2) is 0 Å². The highest BCUT2D eigenvalue weighted by atomic mass is 19.4. The Morgan fingerprint density at radius 3 is 2.55 bits per heavy atom. The molecule has 3 nitrogen and oxygen atoms in total. The molecule has 0 aliphatic carbocycles. The molecule has 6 heteroatoms. The van der Waals surface area contributed by atoms with E-state index in [1.54, 1.807) is 30.5 Å². The molecule has 0 bridgehead atoms. The maximum absolute atomic E-state index is 12.2. The van der Waals surface area contributed by atoms with Crippen LogP contribution in [0.4, 0.5) is 13.2 Å². The van der Waals surface area contributed by atoms with Gasteiger partial charge in [-0.2, -0.15) is 13.2 Å². The van der Waals surface area contributed by atoms with E-state index < -0.39 is 12.8 Å². The number of furan rings is 1. The molecule has 0 saturated heterocycles. The fraction of sp³-hybridized carbons (Fsp3) is 0.286. The molecule has 0 aliphatic heterocycles. The summed E-state index contributed by atoms with van der Waals surface area (Å²) in [5.41, 5.74) is 0.670. The van der Waals surface area contributed by atoms with E-state index in [9.17, 15) is 13.2 Å². The van der Waals surface area contributed by atoms with Gasteiger partial charge in [-0.1, -0.05) is 18.2 Å². The second-order valence-electron chi connectivity index (χ2n) is 4.19. The van der Waals surface area contributed by atoms with Crippen LogP contribution in [0.5, 0.6) is 5.75 Å². The van der Waals surface area contributed by atoms with Gasteiger partial charge in [0, 0.05) is 12.1 Å². The molecular weight excluding hydrogens is 271 g/mol. The quantitative estimate of drug-likeness (QED) is 0.882. The largest absolute Gasteiger partial charge is 0.484 e. The van der Waals surface area contributed by atoms with Gasteiger partial charge >= 0.3 is 6.18 Å². The third-order valence-electron chi connectivity index (χ3n) is 2.56. The number of para-hydroxylation sites is 1. The first kappa shape index (κ1) is 14.5. The predicted octanol–water partition coefficient (Wildman–Crippen LogP) is 3.51. The first-order valence-electron chi connectivity index (χ1n) is 6.05. The van der Waals surface area contributed by atoms with Crippen molar-refractivity contribution in [3.8, 4) is 5.75 Å². The minimum absolute atomic E-state index is 0.233. The molecule has 0 aliphatic rings. The lowest BCUT2D eigenvalue weighted by molar-refractivity contribution is -0.153. The van der Waals surface area contributed by atoms with Crippen LogP contribution < -0.4 is 10.1 Å². The molecule has 1 aromatic carbocycles. The lowest BCUT2D eigenvalue weighted by Crippen LogP contribution is -2.20. The van der Waals surface area contributed by atoms with Crippen LogP contribution in [0.2, 0.25) is 0 Å². The van der Waals surface area contributed by atoms with Crippen LogP contribution in [0.3, 0.4) is 0 Å². The monoisotopic (exact) mass is 285 g/mol. The van der Waals surface area contributed by atoms with Crippen LogP contribution in [-0.2, 0) is 13.1 Å². The summed E-state index contributed by atoms with van der Waals surface area (Å²) >= 11 is 0. The first-order chi connectivity index (χ1) is 9.54. The predicted molar refractivity (Wildman–Crippen MR) is 67.2 cm³/mol. The van der Waals surface area contributed by atoms with Crippen LogP contribution in [0, 0.1) is 0 Å². The summed E-state index contributed by atoms with van der Waals surface area (Å²) < 4.78 is 46.4. The minimum Gasteiger partial charge on any atom is -0.484 e. The molecule has 2 aromatic rings. The third kappa shape index (κ3) is 4.62. The van der Waals surface area contributed by atoms with Gasteiger partial charge in [0.2, 0.25) is 0 Å². The van der Waals surface area contributed by atoms with Crippen LogP contribution in [-0.4, -0.2) is 12.8 Å². The Labute approximate surface area is 114 Å². The molecule has 0 atom stereocenters. The first-order valence-corrected chi connectivity index (χ1v) is 6.05. The lowest BCUT2D eigenvalue weighted by Gasteiger charge is -2.13. The molecule has 0 unspecified atom stereocenters. The van der Waals surface area contributed by atoms with Gasteiger partial charge in [-0.3, -0.25) is 0 Å². The summed E-state index contributed by atoms with van der Waals surface area (Å²) in [5.74, 6) is 0.996. The molecule has 0 fully saturated rings. The lowest BCUT2D eigenvalue weighted by atomic mass is 10.2. The molecular formula is C14H14F3NO2. The van der Waals surface area contributed by atoms with Gasteiger partial charge in [-0.15, -0.1) is 0 Å². The highest BCUT2D eigenvalue weighted by Crippen LogP contribution is 2.22. The fourth-order valence-electron chi connectivity index (χ4n) is 1.68. The molecule has 20 heavy (non-hydrogen) atoms. The zero-order valence-electron chi connectivity index (χ0n) is 10.6. The average Bonchev–Trinajstić information content (AvgIpc) is 2.90. The van der Waals surface area contributed by atoms with Gasteiger partial charge < -0.3 is 14.5 Å². The highest BCUT2D eigenvalue weighted by Gasteiger charge is 2.28. The smallest absolute Gasteiger partial charge is 0.422 e. The van der Waals surface area contributed by atoms with Crippen molar-refractivity contribution in [2.75, 3.05) is 6.61 Å². The number of nitrogens with one attached hydrogen (secondary N) is 1. The third-order valence-corrected chi connectivity index (χ3v) is 2.56. The van der Waals surface area contributed by atoms with Gasteiger partial charge in [0.25, 0.3) is 0 Å². The number of alkyl halides is 3. The van der Waals surface area contributed by atoms with Crippen LogP contribution in [0.25, 0.3) is 0 Å². The van der Waals surface area contributed by atoms with E-state index in [1.807, 2.05) is 6.07 Å². The Morgan fingerprint density at radius 2 is 1.85 bits per heavy atom. The Balaban J connectivity index is 1.90. The number of hydrogen-bond donors (Lipinski definition) is 1. The maximum Gasteiger partial charge on any atom is 0.422 e. The van der Waals surface area contributed by atoms with E-state index in [-0.39, 0.29) is 5.75 Å². The van der Waals surface area contributed by atoms with Gasteiger partial charge in [-0.05, 0) is 18.2 Å². The Bertz CT molecular complexity index is 523. The summed E-state index contributed by atoms with van der Waals surface area (Å²) in [4.78, 5) is 0. The Morgan fingerprint density at radius 1 is 1.05 bits per heavy atom. The SMILES string of the molecule is FC(F)(F)COc1ccccc1CNCc1ccco1. The number of benzene rings is 1. The Hall–Kier alpha value is -1.95.